The molecule has 1 saturated heterocycles. The molecule has 0 spiro atoms. The van der Waals surface area contributed by atoms with Crippen LogP contribution in [0, 0.1) is 36.5 Å². The molecule has 37 heavy (non-hydrogen) atoms. The average molecular weight is 504 g/mol. The van der Waals surface area contributed by atoms with E-state index < -0.39 is 11.9 Å². The number of benzene rings is 1. The molecule has 0 unspecified atom stereocenters. The van der Waals surface area contributed by atoms with Crippen molar-refractivity contribution in [3.8, 4) is 0 Å². The summed E-state index contributed by atoms with van der Waals surface area (Å²) in [6.07, 6.45) is 10.3. The summed E-state index contributed by atoms with van der Waals surface area (Å²) < 4.78 is 1.46. The van der Waals surface area contributed by atoms with E-state index in [9.17, 15) is 14.4 Å². The van der Waals surface area contributed by atoms with Crippen LogP contribution in [0.1, 0.15) is 69.7 Å². The number of nitrogens with zero attached hydrogens (tertiary/aromatic N) is 2. The number of nitrogens with one attached hydrogen (secondary N) is 3. The molecule has 196 valence electrons. The number of piperidine rings is 1. The molecule has 8 nitrogen and oxygen atoms in total. The second-order valence-electron chi connectivity index (χ2n) is 12.7. The van der Waals surface area contributed by atoms with Gasteiger partial charge in [0.25, 0.3) is 5.56 Å². The van der Waals surface area contributed by atoms with Gasteiger partial charge in [0.05, 0.1) is 10.9 Å². The van der Waals surface area contributed by atoms with Crippen LogP contribution in [0.5, 0.6) is 0 Å². The Morgan fingerprint density at radius 2 is 1.70 bits per heavy atom. The summed E-state index contributed by atoms with van der Waals surface area (Å²) in [6.45, 7) is 3.69. The van der Waals surface area contributed by atoms with Crippen molar-refractivity contribution in [1.82, 2.24) is 20.2 Å². The van der Waals surface area contributed by atoms with Crippen LogP contribution in [0.4, 0.5) is 5.69 Å². The van der Waals surface area contributed by atoms with E-state index in [1.54, 1.807) is 6.92 Å². The van der Waals surface area contributed by atoms with Gasteiger partial charge in [-0.2, -0.15) is 0 Å². The van der Waals surface area contributed by atoms with Crippen LogP contribution in [0.25, 0.3) is 10.9 Å². The van der Waals surface area contributed by atoms with Gasteiger partial charge in [0.2, 0.25) is 11.8 Å². The topological polar surface area (TPSA) is 105 Å². The number of carbonyl (C=O) groups excluding carboxylic acids is 2. The van der Waals surface area contributed by atoms with Crippen molar-refractivity contribution in [1.29, 1.82) is 0 Å². The Balaban J connectivity index is 1.03. The molecule has 1 aromatic heterocycles. The molecule has 3 atom stereocenters. The minimum absolute atomic E-state index is 0.223. The molecule has 1 aromatic carbocycles. The third-order valence-electron chi connectivity index (χ3n) is 10.0. The van der Waals surface area contributed by atoms with Gasteiger partial charge >= 0.3 is 0 Å². The standard InChI is InChI=1S/C29H37N5O3/c1-16-32-23-4-2-3-22(26(23)28(37)34(16)24-5-6-25(35)33-27(24)36)30-14-20-10-21(20)15-31-29-11-17-7-18(12-29)9-19(8-17)13-29/h2-4,17-21,24,30-31H,5-15H2,1H3,(H,33,35,36)/t17?,18?,19?,20-,21-,24+,29?/m1/s1. The number of amides is 2. The molecule has 3 N–H and O–H groups in total. The number of aromatic nitrogens is 2. The minimum Gasteiger partial charge on any atom is -0.384 e. The van der Waals surface area contributed by atoms with Gasteiger partial charge in [-0.1, -0.05) is 6.07 Å². The summed E-state index contributed by atoms with van der Waals surface area (Å²) in [5.41, 5.74) is 1.59. The van der Waals surface area contributed by atoms with Gasteiger partial charge in [-0.3, -0.25) is 24.3 Å². The lowest BCUT2D eigenvalue weighted by Gasteiger charge is -2.57. The molecule has 1 aliphatic heterocycles. The molecule has 5 aliphatic carbocycles. The average Bonchev–Trinajstić information content (AvgIpc) is 3.60. The van der Waals surface area contributed by atoms with Crippen molar-refractivity contribution in [2.75, 3.05) is 18.4 Å². The first-order valence-corrected chi connectivity index (χ1v) is 14.2. The van der Waals surface area contributed by atoms with E-state index in [1.807, 2.05) is 18.2 Å². The molecule has 2 heterocycles. The molecule has 8 rings (SSSR count). The van der Waals surface area contributed by atoms with Gasteiger partial charge in [-0.25, -0.2) is 4.98 Å². The highest BCUT2D eigenvalue weighted by atomic mass is 16.2. The van der Waals surface area contributed by atoms with Crippen LogP contribution < -0.4 is 21.5 Å². The number of fused-ring (bicyclic) bond motifs is 1. The number of hydrogen-bond donors (Lipinski definition) is 3. The molecule has 2 amide bonds. The molecule has 6 fully saturated rings. The van der Waals surface area contributed by atoms with Crippen molar-refractivity contribution < 1.29 is 9.59 Å². The van der Waals surface area contributed by atoms with Crippen molar-refractivity contribution in [3.05, 3.63) is 34.4 Å². The molecular weight excluding hydrogens is 466 g/mol. The third-order valence-corrected chi connectivity index (χ3v) is 10.0. The van der Waals surface area contributed by atoms with Crippen molar-refractivity contribution >= 4 is 28.4 Å². The van der Waals surface area contributed by atoms with Crippen molar-refractivity contribution in [2.24, 2.45) is 29.6 Å². The zero-order chi connectivity index (χ0) is 25.3. The minimum atomic E-state index is -0.710. The van der Waals surface area contributed by atoms with E-state index in [1.165, 1.54) is 49.5 Å². The Morgan fingerprint density at radius 3 is 2.41 bits per heavy atom. The molecular formula is C29H37N5O3. The third kappa shape index (κ3) is 4.17. The number of imide groups is 1. The van der Waals surface area contributed by atoms with Crippen LogP contribution in [0.3, 0.4) is 0 Å². The summed E-state index contributed by atoms with van der Waals surface area (Å²) in [7, 11) is 0. The maximum absolute atomic E-state index is 13.6. The molecule has 0 radical (unpaired) electrons. The lowest BCUT2D eigenvalue weighted by molar-refractivity contribution is -0.135. The Hall–Kier alpha value is -2.74. The highest BCUT2D eigenvalue weighted by Gasteiger charge is 2.51. The summed E-state index contributed by atoms with van der Waals surface area (Å²) >= 11 is 0. The van der Waals surface area contributed by atoms with Gasteiger partial charge < -0.3 is 10.6 Å². The van der Waals surface area contributed by atoms with Crippen LogP contribution >= 0.6 is 0 Å². The van der Waals surface area contributed by atoms with Crippen molar-refractivity contribution in [3.63, 3.8) is 0 Å². The lowest BCUT2D eigenvalue weighted by atomic mass is 9.53. The Kier molecular flexibility index (Phi) is 5.47. The van der Waals surface area contributed by atoms with Gasteiger partial charge in [-0.15, -0.1) is 0 Å². The molecule has 8 heteroatoms. The Bertz CT molecular complexity index is 1300. The second kappa shape index (κ2) is 8.65. The largest absolute Gasteiger partial charge is 0.384 e. The monoisotopic (exact) mass is 503 g/mol. The zero-order valence-corrected chi connectivity index (χ0v) is 21.6. The van der Waals surface area contributed by atoms with E-state index in [-0.39, 0.29) is 17.9 Å². The molecule has 6 aliphatic rings. The number of rotatable bonds is 7. The normalized spacial score (nSPS) is 36.1. The summed E-state index contributed by atoms with van der Waals surface area (Å²) in [5.74, 6) is 3.94. The summed E-state index contributed by atoms with van der Waals surface area (Å²) in [4.78, 5) is 42.4. The van der Waals surface area contributed by atoms with Crippen LogP contribution in [0.15, 0.2) is 23.0 Å². The first-order chi connectivity index (χ1) is 17.9. The van der Waals surface area contributed by atoms with E-state index >= 15 is 0 Å². The molecule has 5 saturated carbocycles. The fraction of sp³-hybridized carbons (Fsp3) is 0.655. The first kappa shape index (κ1) is 23.4. The van der Waals surface area contributed by atoms with E-state index in [0.29, 0.717) is 40.5 Å². The SMILES string of the molecule is Cc1nc2cccc(NC[C@H]3C[C@@H]3CNC34CC5CC(CC(C5)C3)C4)c2c(=O)n1[C@H]1CCC(=O)NC1=O. The maximum Gasteiger partial charge on any atom is 0.264 e. The summed E-state index contributed by atoms with van der Waals surface area (Å²) in [6, 6.07) is 4.99. The molecule has 4 bridgehead atoms. The highest BCUT2D eigenvalue weighted by Crippen LogP contribution is 2.56. The Morgan fingerprint density at radius 1 is 1.00 bits per heavy atom. The second-order valence-corrected chi connectivity index (χ2v) is 12.7. The van der Waals surface area contributed by atoms with Crippen LogP contribution in [-0.4, -0.2) is 40.0 Å². The maximum atomic E-state index is 13.6. The van der Waals surface area contributed by atoms with Gasteiger partial charge in [-0.05, 0) is 107 Å². The quantitative estimate of drug-likeness (QED) is 0.501. The fourth-order valence-corrected chi connectivity index (χ4v) is 8.52. The lowest BCUT2D eigenvalue weighted by Crippen LogP contribution is -2.58. The predicted octanol–water partition coefficient (Wildman–Crippen LogP) is 3.29. The number of carbonyl (C=O) groups is 2. The predicted molar refractivity (Wildman–Crippen MR) is 141 cm³/mol. The molecule has 2 aromatic rings. The van der Waals surface area contributed by atoms with Crippen LogP contribution in [-0.2, 0) is 9.59 Å². The fourth-order valence-electron chi connectivity index (χ4n) is 8.52. The number of hydrogen-bond acceptors (Lipinski definition) is 6. The van der Waals surface area contributed by atoms with Gasteiger partial charge in [0.15, 0.2) is 0 Å². The summed E-state index contributed by atoms with van der Waals surface area (Å²) in [5, 5.41) is 10.5. The first-order valence-electron chi connectivity index (χ1n) is 14.2. The van der Waals surface area contributed by atoms with Crippen LogP contribution in [0.2, 0.25) is 0 Å². The van der Waals surface area contributed by atoms with Crippen molar-refractivity contribution in [2.45, 2.75) is 76.3 Å². The number of aryl methyl sites for hydroxylation is 1. The smallest absolute Gasteiger partial charge is 0.264 e. The van der Waals surface area contributed by atoms with Gasteiger partial charge in [0, 0.05) is 24.2 Å². The number of anilines is 1. The van der Waals surface area contributed by atoms with E-state index in [0.717, 1.165) is 36.5 Å². The Labute approximate surface area is 217 Å². The highest BCUT2D eigenvalue weighted by molar-refractivity contribution is 5.99. The zero-order valence-electron chi connectivity index (χ0n) is 21.6. The van der Waals surface area contributed by atoms with E-state index in [4.69, 9.17) is 0 Å². The van der Waals surface area contributed by atoms with Gasteiger partial charge in [0.1, 0.15) is 11.9 Å². The van der Waals surface area contributed by atoms with E-state index in [2.05, 4.69) is 20.9 Å².